The molecular formula is C12H19NO2S. The zero-order valence-corrected chi connectivity index (χ0v) is 10.8. The van der Waals surface area contributed by atoms with E-state index < -0.39 is 0 Å². The highest BCUT2D eigenvalue weighted by atomic mass is 32.2. The van der Waals surface area contributed by atoms with Crippen molar-refractivity contribution in [3.8, 4) is 0 Å². The Morgan fingerprint density at radius 2 is 2.12 bits per heavy atom. The quantitative estimate of drug-likeness (QED) is 0.753. The fraction of sp³-hybridized carbons (Fsp3) is 0.750. The van der Waals surface area contributed by atoms with Gasteiger partial charge in [0.25, 0.3) is 0 Å². The van der Waals surface area contributed by atoms with Gasteiger partial charge in [-0.3, -0.25) is 4.79 Å². The number of ketones is 1. The number of methoxy groups -OCH3 is 1. The van der Waals surface area contributed by atoms with Gasteiger partial charge >= 0.3 is 0 Å². The monoisotopic (exact) mass is 241 g/mol. The summed E-state index contributed by atoms with van der Waals surface area (Å²) in [6.45, 7) is 5.44. The van der Waals surface area contributed by atoms with Gasteiger partial charge in [0.05, 0.1) is 12.4 Å². The lowest BCUT2D eigenvalue weighted by molar-refractivity contribution is -0.117. The average Bonchev–Trinajstić information content (AvgIpc) is 2.86. The molecule has 2 aliphatic rings. The molecular weight excluding hydrogens is 222 g/mol. The summed E-state index contributed by atoms with van der Waals surface area (Å²) in [6, 6.07) is 0. The zero-order valence-electron chi connectivity index (χ0n) is 9.99. The largest absolute Gasteiger partial charge is 0.492 e. The summed E-state index contributed by atoms with van der Waals surface area (Å²) in [5, 5.41) is 0.0449. The number of rotatable bonds is 4. The lowest BCUT2D eigenvalue weighted by atomic mass is 10.2. The van der Waals surface area contributed by atoms with Gasteiger partial charge in [0.15, 0.2) is 5.76 Å². The van der Waals surface area contributed by atoms with Crippen LogP contribution < -0.4 is 0 Å². The van der Waals surface area contributed by atoms with Crippen molar-refractivity contribution < 1.29 is 9.53 Å². The summed E-state index contributed by atoms with van der Waals surface area (Å²) in [6.07, 6.45) is 3.60. The minimum atomic E-state index is 0.0449. The Hall–Kier alpha value is -0.480. The summed E-state index contributed by atoms with van der Waals surface area (Å²) in [5.41, 5.74) is 0. The third kappa shape index (κ3) is 2.43. The SMILES string of the molecule is COC1=C(CCN2CCCC2)SC(C)C1=O. The molecule has 0 spiro atoms. The Balaban J connectivity index is 1.92. The maximum atomic E-state index is 11.7. The molecule has 0 bridgehead atoms. The number of carbonyl (C=O) groups excluding carboxylic acids is 1. The van der Waals surface area contributed by atoms with Crippen LogP contribution in [0, 0.1) is 0 Å². The van der Waals surface area contributed by atoms with Crippen LogP contribution in [-0.2, 0) is 9.53 Å². The number of ether oxygens (including phenoxy) is 1. The van der Waals surface area contributed by atoms with Crippen molar-refractivity contribution in [3.63, 3.8) is 0 Å². The normalized spacial score (nSPS) is 26.9. The minimum absolute atomic E-state index is 0.0449. The molecule has 0 aromatic carbocycles. The number of hydrogen-bond donors (Lipinski definition) is 0. The second-order valence-electron chi connectivity index (χ2n) is 4.38. The van der Waals surface area contributed by atoms with Gasteiger partial charge in [-0.1, -0.05) is 0 Å². The van der Waals surface area contributed by atoms with E-state index in [1.165, 1.54) is 25.9 Å². The summed E-state index contributed by atoms with van der Waals surface area (Å²) >= 11 is 1.67. The van der Waals surface area contributed by atoms with Crippen LogP contribution in [-0.4, -0.2) is 42.7 Å². The molecule has 2 heterocycles. The van der Waals surface area contributed by atoms with E-state index in [-0.39, 0.29) is 11.0 Å². The highest BCUT2D eigenvalue weighted by Gasteiger charge is 2.31. The molecule has 2 aliphatic heterocycles. The molecule has 0 aliphatic carbocycles. The molecule has 1 saturated heterocycles. The summed E-state index contributed by atoms with van der Waals surface area (Å²) in [5.74, 6) is 0.764. The number of nitrogens with zero attached hydrogens (tertiary/aromatic N) is 1. The lowest BCUT2D eigenvalue weighted by Gasteiger charge is -2.14. The van der Waals surface area contributed by atoms with E-state index in [4.69, 9.17) is 4.74 Å². The van der Waals surface area contributed by atoms with Crippen molar-refractivity contribution in [2.45, 2.75) is 31.4 Å². The Bertz CT molecular complexity index is 308. The highest BCUT2D eigenvalue weighted by Crippen LogP contribution is 2.37. The predicted molar refractivity (Wildman–Crippen MR) is 66.4 cm³/mol. The van der Waals surface area contributed by atoms with E-state index in [1.54, 1.807) is 18.9 Å². The fourth-order valence-corrected chi connectivity index (χ4v) is 3.44. The molecule has 90 valence electrons. The van der Waals surface area contributed by atoms with E-state index in [1.807, 2.05) is 6.92 Å². The first-order valence-corrected chi connectivity index (χ1v) is 6.80. The number of hydrogen-bond acceptors (Lipinski definition) is 4. The molecule has 0 radical (unpaired) electrons. The van der Waals surface area contributed by atoms with E-state index >= 15 is 0 Å². The van der Waals surface area contributed by atoms with Crippen molar-refractivity contribution in [3.05, 3.63) is 10.7 Å². The Morgan fingerprint density at radius 1 is 1.44 bits per heavy atom. The maximum Gasteiger partial charge on any atom is 0.211 e. The van der Waals surface area contributed by atoms with Gasteiger partial charge < -0.3 is 9.64 Å². The number of allylic oxidation sites excluding steroid dienone is 1. The Kier molecular flexibility index (Phi) is 3.92. The molecule has 4 heteroatoms. The fourth-order valence-electron chi connectivity index (χ4n) is 2.30. The summed E-state index contributed by atoms with van der Waals surface area (Å²) in [7, 11) is 1.60. The lowest BCUT2D eigenvalue weighted by Crippen LogP contribution is -2.20. The maximum absolute atomic E-state index is 11.7. The number of Topliss-reactive ketones (excluding diaryl/α,β-unsaturated/α-hetero) is 1. The van der Waals surface area contributed by atoms with Crippen molar-refractivity contribution in [1.29, 1.82) is 0 Å². The van der Waals surface area contributed by atoms with Crippen LogP contribution in [0.5, 0.6) is 0 Å². The number of thioether (sulfide) groups is 1. The van der Waals surface area contributed by atoms with Crippen LogP contribution in [0.15, 0.2) is 10.7 Å². The van der Waals surface area contributed by atoms with Crippen LogP contribution >= 0.6 is 11.8 Å². The first-order valence-electron chi connectivity index (χ1n) is 5.92. The number of likely N-dealkylation sites (tertiary alicyclic amines) is 1. The smallest absolute Gasteiger partial charge is 0.211 e. The summed E-state index contributed by atoms with van der Waals surface area (Å²) < 4.78 is 5.21. The number of carbonyl (C=O) groups is 1. The van der Waals surface area contributed by atoms with Crippen molar-refractivity contribution in [1.82, 2.24) is 4.90 Å². The minimum Gasteiger partial charge on any atom is -0.492 e. The third-order valence-corrected chi connectivity index (χ3v) is 4.46. The first kappa shape index (κ1) is 12.0. The molecule has 3 nitrogen and oxygen atoms in total. The topological polar surface area (TPSA) is 29.5 Å². The summed E-state index contributed by atoms with van der Waals surface area (Å²) in [4.78, 5) is 15.3. The molecule has 1 fully saturated rings. The van der Waals surface area contributed by atoms with Gasteiger partial charge in [0.2, 0.25) is 5.78 Å². The van der Waals surface area contributed by atoms with Crippen molar-refractivity contribution >= 4 is 17.5 Å². The molecule has 0 aromatic rings. The first-order chi connectivity index (χ1) is 7.72. The Morgan fingerprint density at radius 3 is 2.75 bits per heavy atom. The van der Waals surface area contributed by atoms with Crippen LogP contribution in [0.1, 0.15) is 26.2 Å². The second kappa shape index (κ2) is 5.23. The molecule has 2 rings (SSSR count). The van der Waals surface area contributed by atoms with E-state index in [0.717, 1.165) is 17.9 Å². The Labute approximate surface area is 101 Å². The molecule has 16 heavy (non-hydrogen) atoms. The van der Waals surface area contributed by atoms with Gasteiger partial charge in [-0.05, 0) is 39.3 Å². The van der Waals surface area contributed by atoms with Crippen LogP contribution in [0.2, 0.25) is 0 Å². The molecule has 0 saturated carbocycles. The second-order valence-corrected chi connectivity index (χ2v) is 5.82. The van der Waals surface area contributed by atoms with Gasteiger partial charge in [0, 0.05) is 11.4 Å². The molecule has 0 aromatic heterocycles. The highest BCUT2D eigenvalue weighted by molar-refractivity contribution is 8.04. The van der Waals surface area contributed by atoms with Crippen LogP contribution in [0.25, 0.3) is 0 Å². The van der Waals surface area contributed by atoms with E-state index in [2.05, 4.69) is 4.90 Å². The average molecular weight is 241 g/mol. The van der Waals surface area contributed by atoms with Crippen molar-refractivity contribution in [2.24, 2.45) is 0 Å². The molecule has 1 unspecified atom stereocenters. The van der Waals surface area contributed by atoms with Crippen LogP contribution in [0.3, 0.4) is 0 Å². The zero-order chi connectivity index (χ0) is 11.5. The van der Waals surface area contributed by atoms with E-state index in [0.29, 0.717) is 5.76 Å². The van der Waals surface area contributed by atoms with Gasteiger partial charge in [0.1, 0.15) is 0 Å². The van der Waals surface area contributed by atoms with Gasteiger partial charge in [-0.2, -0.15) is 0 Å². The van der Waals surface area contributed by atoms with Gasteiger partial charge in [-0.15, -0.1) is 11.8 Å². The van der Waals surface area contributed by atoms with Crippen molar-refractivity contribution in [2.75, 3.05) is 26.7 Å². The molecule has 0 amide bonds. The third-order valence-electron chi connectivity index (χ3n) is 3.22. The van der Waals surface area contributed by atoms with Crippen LogP contribution in [0.4, 0.5) is 0 Å². The molecule has 1 atom stereocenters. The van der Waals surface area contributed by atoms with Gasteiger partial charge in [-0.25, -0.2) is 0 Å². The standard InChI is InChI=1S/C12H19NO2S/c1-9-11(14)12(15-2)10(16-9)5-8-13-6-3-4-7-13/h9H,3-8H2,1-2H3. The molecule has 0 N–H and O–H groups in total. The predicted octanol–water partition coefficient (Wildman–Crippen LogP) is 2.03. The van der Waals surface area contributed by atoms with E-state index in [9.17, 15) is 4.79 Å².